The van der Waals surface area contributed by atoms with E-state index in [0.29, 0.717) is 13.0 Å². The maximum Gasteiger partial charge on any atom is 0.227 e. The van der Waals surface area contributed by atoms with Crippen LogP contribution in [0.4, 0.5) is 0 Å². The quantitative estimate of drug-likeness (QED) is 0.847. The largest absolute Gasteiger partial charge is 0.396 e. The van der Waals surface area contributed by atoms with Crippen molar-refractivity contribution in [2.75, 3.05) is 19.7 Å². The first kappa shape index (κ1) is 12.8. The number of rotatable bonds is 3. The van der Waals surface area contributed by atoms with E-state index >= 15 is 0 Å². The molecule has 1 fully saturated rings. The molecule has 1 N–H and O–H groups in total. The normalized spacial score (nSPS) is 19.6. The third-order valence-corrected chi connectivity index (χ3v) is 3.88. The van der Waals surface area contributed by atoms with Gasteiger partial charge in [-0.15, -0.1) is 0 Å². The van der Waals surface area contributed by atoms with Crippen LogP contribution in [0.3, 0.4) is 0 Å². The lowest BCUT2D eigenvalue weighted by molar-refractivity contribution is -0.129. The van der Waals surface area contributed by atoms with Crippen molar-refractivity contribution < 1.29 is 9.90 Å². The summed E-state index contributed by atoms with van der Waals surface area (Å²) < 4.78 is 1.18. The Morgan fingerprint density at radius 2 is 2.12 bits per heavy atom. The summed E-state index contributed by atoms with van der Waals surface area (Å²) in [7, 11) is 0. The summed E-state index contributed by atoms with van der Waals surface area (Å²) >= 11 is 2.25. The van der Waals surface area contributed by atoms with Gasteiger partial charge in [-0.2, -0.15) is 0 Å². The van der Waals surface area contributed by atoms with Gasteiger partial charge >= 0.3 is 0 Å². The van der Waals surface area contributed by atoms with Gasteiger partial charge in [0.2, 0.25) is 5.91 Å². The van der Waals surface area contributed by atoms with Crippen molar-refractivity contribution in [2.24, 2.45) is 5.92 Å². The molecule has 17 heavy (non-hydrogen) atoms. The van der Waals surface area contributed by atoms with Crippen LogP contribution in [0.5, 0.6) is 0 Å². The zero-order chi connectivity index (χ0) is 12.3. The summed E-state index contributed by atoms with van der Waals surface area (Å²) in [5, 5.41) is 9.05. The molecule has 1 aliphatic heterocycles. The Kier molecular flexibility index (Phi) is 4.39. The van der Waals surface area contributed by atoms with Crippen LogP contribution < -0.4 is 0 Å². The summed E-state index contributed by atoms with van der Waals surface area (Å²) in [6.07, 6.45) is 1.39. The van der Waals surface area contributed by atoms with Crippen LogP contribution in [0.25, 0.3) is 0 Å². The third kappa shape index (κ3) is 3.42. The molecule has 1 aromatic rings. The van der Waals surface area contributed by atoms with E-state index in [9.17, 15) is 4.79 Å². The molecule has 3 nitrogen and oxygen atoms in total. The van der Waals surface area contributed by atoms with Crippen LogP contribution in [0.2, 0.25) is 0 Å². The standard InChI is InChI=1S/C13H16INO2/c14-12-3-1-10(2-4-12)7-13(17)15-6-5-11(8-15)9-16/h1-4,11,16H,5-9H2. The van der Waals surface area contributed by atoms with Crippen LogP contribution in [-0.4, -0.2) is 35.6 Å². The molecule has 4 heteroatoms. The van der Waals surface area contributed by atoms with Crippen molar-refractivity contribution in [3.63, 3.8) is 0 Å². The predicted octanol–water partition coefficient (Wildman–Crippen LogP) is 1.67. The number of carbonyl (C=O) groups is 1. The number of likely N-dealkylation sites (tertiary alicyclic amines) is 1. The van der Waals surface area contributed by atoms with Crippen LogP contribution in [0.1, 0.15) is 12.0 Å². The lowest BCUT2D eigenvalue weighted by atomic mass is 10.1. The number of benzene rings is 1. The molecule has 1 amide bonds. The predicted molar refractivity (Wildman–Crippen MR) is 74.6 cm³/mol. The summed E-state index contributed by atoms with van der Waals surface area (Å²) in [6.45, 7) is 1.68. The van der Waals surface area contributed by atoms with Gasteiger partial charge in [-0.05, 0) is 46.7 Å². The fraction of sp³-hybridized carbons (Fsp3) is 0.462. The molecule has 0 spiro atoms. The Morgan fingerprint density at radius 1 is 1.41 bits per heavy atom. The SMILES string of the molecule is O=C(Cc1ccc(I)cc1)N1CCC(CO)C1. The van der Waals surface area contributed by atoms with E-state index in [1.54, 1.807) is 0 Å². The molecule has 0 saturated carbocycles. The monoisotopic (exact) mass is 345 g/mol. The molecular weight excluding hydrogens is 329 g/mol. The van der Waals surface area contributed by atoms with E-state index in [1.165, 1.54) is 3.57 Å². The highest BCUT2D eigenvalue weighted by atomic mass is 127. The van der Waals surface area contributed by atoms with Crippen LogP contribution >= 0.6 is 22.6 Å². The lowest BCUT2D eigenvalue weighted by Crippen LogP contribution is -2.30. The number of carbonyl (C=O) groups excluding carboxylic acids is 1. The van der Waals surface area contributed by atoms with E-state index in [1.807, 2.05) is 29.2 Å². The van der Waals surface area contributed by atoms with Crippen LogP contribution in [-0.2, 0) is 11.2 Å². The zero-order valence-electron chi connectivity index (χ0n) is 9.60. The van der Waals surface area contributed by atoms with E-state index < -0.39 is 0 Å². The molecule has 0 bridgehead atoms. The lowest BCUT2D eigenvalue weighted by Gasteiger charge is -2.16. The Morgan fingerprint density at radius 3 is 2.71 bits per heavy atom. The Hall–Kier alpha value is -0.620. The maximum atomic E-state index is 12.0. The third-order valence-electron chi connectivity index (χ3n) is 3.17. The molecule has 92 valence electrons. The van der Waals surface area contributed by atoms with E-state index in [2.05, 4.69) is 22.6 Å². The number of aliphatic hydroxyl groups is 1. The van der Waals surface area contributed by atoms with Crippen molar-refractivity contribution in [1.29, 1.82) is 0 Å². The Balaban J connectivity index is 1.91. The molecule has 1 saturated heterocycles. The highest BCUT2D eigenvalue weighted by Gasteiger charge is 2.25. The number of aliphatic hydroxyl groups excluding tert-OH is 1. The highest BCUT2D eigenvalue weighted by Crippen LogP contribution is 2.17. The molecular formula is C13H16INO2. The van der Waals surface area contributed by atoms with Gasteiger partial charge in [0.25, 0.3) is 0 Å². The van der Waals surface area contributed by atoms with Crippen LogP contribution in [0.15, 0.2) is 24.3 Å². The molecule has 0 aliphatic carbocycles. The second-order valence-corrected chi connectivity index (χ2v) is 5.73. The van der Waals surface area contributed by atoms with Gasteiger partial charge in [0, 0.05) is 29.2 Å². The topological polar surface area (TPSA) is 40.5 Å². The fourth-order valence-corrected chi connectivity index (χ4v) is 2.46. The molecule has 0 radical (unpaired) electrons. The highest BCUT2D eigenvalue weighted by molar-refractivity contribution is 14.1. The summed E-state index contributed by atoms with van der Waals surface area (Å²) in [5.74, 6) is 0.442. The smallest absolute Gasteiger partial charge is 0.227 e. The number of nitrogens with zero attached hydrogens (tertiary/aromatic N) is 1. The Labute approximate surface area is 115 Å². The van der Waals surface area contributed by atoms with Crippen molar-refractivity contribution in [3.05, 3.63) is 33.4 Å². The van der Waals surface area contributed by atoms with Crippen molar-refractivity contribution in [2.45, 2.75) is 12.8 Å². The van der Waals surface area contributed by atoms with Gasteiger partial charge in [-0.3, -0.25) is 4.79 Å². The summed E-state index contributed by atoms with van der Waals surface area (Å²) in [4.78, 5) is 13.9. The van der Waals surface area contributed by atoms with E-state index in [-0.39, 0.29) is 18.4 Å². The fourth-order valence-electron chi connectivity index (χ4n) is 2.10. The first-order chi connectivity index (χ1) is 8.19. The molecule has 1 aromatic carbocycles. The van der Waals surface area contributed by atoms with E-state index in [0.717, 1.165) is 18.5 Å². The van der Waals surface area contributed by atoms with Gasteiger partial charge in [-0.1, -0.05) is 12.1 Å². The minimum Gasteiger partial charge on any atom is -0.396 e. The average Bonchev–Trinajstić information content (AvgIpc) is 2.81. The van der Waals surface area contributed by atoms with Gasteiger partial charge < -0.3 is 10.0 Å². The molecule has 2 rings (SSSR count). The molecule has 1 heterocycles. The molecule has 1 aliphatic rings. The molecule has 1 unspecified atom stereocenters. The minimum absolute atomic E-state index is 0.169. The number of hydrogen-bond acceptors (Lipinski definition) is 2. The van der Waals surface area contributed by atoms with Gasteiger partial charge in [0.05, 0.1) is 6.42 Å². The first-order valence-electron chi connectivity index (χ1n) is 5.82. The second-order valence-electron chi connectivity index (χ2n) is 4.48. The van der Waals surface area contributed by atoms with Gasteiger partial charge in [0.1, 0.15) is 0 Å². The first-order valence-corrected chi connectivity index (χ1v) is 6.90. The summed E-state index contributed by atoms with van der Waals surface area (Å²) in [5.41, 5.74) is 1.06. The Bertz CT molecular complexity index is 391. The van der Waals surface area contributed by atoms with Crippen LogP contribution in [0, 0.1) is 9.49 Å². The van der Waals surface area contributed by atoms with Crippen molar-refractivity contribution in [3.8, 4) is 0 Å². The average molecular weight is 345 g/mol. The zero-order valence-corrected chi connectivity index (χ0v) is 11.8. The number of hydrogen-bond donors (Lipinski definition) is 1. The van der Waals surface area contributed by atoms with Gasteiger partial charge in [-0.25, -0.2) is 0 Å². The van der Waals surface area contributed by atoms with Crippen molar-refractivity contribution in [1.82, 2.24) is 4.90 Å². The minimum atomic E-state index is 0.169. The molecule has 0 aromatic heterocycles. The summed E-state index contributed by atoms with van der Waals surface area (Å²) in [6, 6.07) is 8.03. The second kappa shape index (κ2) is 5.82. The number of amides is 1. The number of halogens is 1. The molecule has 1 atom stereocenters. The van der Waals surface area contributed by atoms with Gasteiger partial charge in [0.15, 0.2) is 0 Å². The van der Waals surface area contributed by atoms with Crippen molar-refractivity contribution >= 4 is 28.5 Å². The van der Waals surface area contributed by atoms with E-state index in [4.69, 9.17) is 5.11 Å². The maximum absolute atomic E-state index is 12.0.